The van der Waals surface area contributed by atoms with E-state index in [0.29, 0.717) is 0 Å². The summed E-state index contributed by atoms with van der Waals surface area (Å²) in [5.41, 5.74) is 0. The quantitative estimate of drug-likeness (QED) is 0.746. The van der Waals surface area contributed by atoms with Crippen molar-refractivity contribution in [2.75, 3.05) is 0 Å². The van der Waals surface area contributed by atoms with Gasteiger partial charge in [-0.15, -0.1) is 0 Å². The summed E-state index contributed by atoms with van der Waals surface area (Å²) in [5.74, 6) is 2.79. The Kier molecular flexibility index (Phi) is 3.71. The molecule has 0 aliphatic heterocycles. The number of hydrogen-bond donors (Lipinski definition) is 1. The maximum Gasteiger partial charge on any atom is 0.0100 e. The molecule has 0 radical (unpaired) electrons. The molecule has 2 aliphatic rings. The summed E-state index contributed by atoms with van der Waals surface area (Å²) in [7, 11) is 0. The van der Waals surface area contributed by atoms with E-state index >= 15 is 0 Å². The zero-order valence-corrected chi connectivity index (χ0v) is 10.6. The van der Waals surface area contributed by atoms with E-state index in [-0.39, 0.29) is 0 Å². The maximum atomic E-state index is 3.91. The zero-order valence-electron chi connectivity index (χ0n) is 10.6. The van der Waals surface area contributed by atoms with Crippen LogP contribution in [0.5, 0.6) is 0 Å². The minimum atomic E-state index is 0.773. The van der Waals surface area contributed by atoms with E-state index in [1.165, 1.54) is 38.5 Å². The van der Waals surface area contributed by atoms with Gasteiger partial charge < -0.3 is 5.32 Å². The van der Waals surface area contributed by atoms with E-state index in [4.69, 9.17) is 0 Å². The molecule has 0 amide bonds. The Morgan fingerprint density at radius 2 is 1.60 bits per heavy atom. The SMILES string of the molecule is CC(C)C1CCCCC1NC(C)C1CC1. The van der Waals surface area contributed by atoms with Crippen LogP contribution in [0, 0.1) is 17.8 Å². The molecule has 3 atom stereocenters. The van der Waals surface area contributed by atoms with Crippen molar-refractivity contribution < 1.29 is 0 Å². The topological polar surface area (TPSA) is 12.0 Å². The molecule has 0 bridgehead atoms. The molecule has 3 unspecified atom stereocenters. The van der Waals surface area contributed by atoms with Gasteiger partial charge in [-0.25, -0.2) is 0 Å². The van der Waals surface area contributed by atoms with Crippen molar-refractivity contribution in [1.82, 2.24) is 5.32 Å². The van der Waals surface area contributed by atoms with Crippen molar-refractivity contribution in [3.05, 3.63) is 0 Å². The summed E-state index contributed by atoms with van der Waals surface area (Å²) >= 11 is 0. The van der Waals surface area contributed by atoms with E-state index in [9.17, 15) is 0 Å². The van der Waals surface area contributed by atoms with Crippen molar-refractivity contribution in [2.24, 2.45) is 17.8 Å². The van der Waals surface area contributed by atoms with Gasteiger partial charge in [0.05, 0.1) is 0 Å². The van der Waals surface area contributed by atoms with Crippen LogP contribution in [0.2, 0.25) is 0 Å². The fourth-order valence-electron chi connectivity index (χ4n) is 3.23. The molecule has 2 fully saturated rings. The molecular formula is C14H27N. The van der Waals surface area contributed by atoms with Crippen molar-refractivity contribution in [3.63, 3.8) is 0 Å². The Balaban J connectivity index is 1.86. The van der Waals surface area contributed by atoms with Gasteiger partial charge in [0, 0.05) is 12.1 Å². The number of nitrogens with one attached hydrogen (secondary N) is 1. The lowest BCUT2D eigenvalue weighted by molar-refractivity contribution is 0.190. The van der Waals surface area contributed by atoms with Crippen LogP contribution in [0.15, 0.2) is 0 Å². The van der Waals surface area contributed by atoms with Gasteiger partial charge in [0.2, 0.25) is 0 Å². The molecule has 0 spiro atoms. The fourth-order valence-corrected chi connectivity index (χ4v) is 3.23. The minimum Gasteiger partial charge on any atom is -0.311 e. The van der Waals surface area contributed by atoms with E-state index < -0.39 is 0 Å². The van der Waals surface area contributed by atoms with Crippen LogP contribution < -0.4 is 5.32 Å². The predicted molar refractivity (Wildman–Crippen MR) is 65.9 cm³/mol. The lowest BCUT2D eigenvalue weighted by Crippen LogP contribution is -2.45. The van der Waals surface area contributed by atoms with Gasteiger partial charge in [-0.3, -0.25) is 0 Å². The second-order valence-corrected chi connectivity index (χ2v) is 6.09. The van der Waals surface area contributed by atoms with Crippen LogP contribution in [-0.2, 0) is 0 Å². The molecule has 1 heteroatoms. The van der Waals surface area contributed by atoms with Gasteiger partial charge in [-0.2, -0.15) is 0 Å². The van der Waals surface area contributed by atoms with E-state index in [1.54, 1.807) is 0 Å². The highest BCUT2D eigenvalue weighted by molar-refractivity contribution is 4.89. The Morgan fingerprint density at radius 1 is 0.933 bits per heavy atom. The first-order chi connectivity index (χ1) is 7.18. The Hall–Kier alpha value is -0.0400. The lowest BCUT2D eigenvalue weighted by atomic mass is 9.77. The molecular weight excluding hydrogens is 182 g/mol. The highest BCUT2D eigenvalue weighted by Gasteiger charge is 2.33. The van der Waals surface area contributed by atoms with Crippen LogP contribution in [0.25, 0.3) is 0 Å². The van der Waals surface area contributed by atoms with Gasteiger partial charge in [0.25, 0.3) is 0 Å². The highest BCUT2D eigenvalue weighted by Crippen LogP contribution is 2.35. The van der Waals surface area contributed by atoms with Crippen molar-refractivity contribution in [2.45, 2.75) is 71.4 Å². The Morgan fingerprint density at radius 3 is 2.20 bits per heavy atom. The second-order valence-electron chi connectivity index (χ2n) is 6.09. The third-order valence-electron chi connectivity index (χ3n) is 4.48. The highest BCUT2D eigenvalue weighted by atomic mass is 15.0. The lowest BCUT2D eigenvalue weighted by Gasteiger charge is -2.37. The first-order valence-corrected chi connectivity index (χ1v) is 6.94. The Bertz CT molecular complexity index is 196. The summed E-state index contributed by atoms with van der Waals surface area (Å²) in [4.78, 5) is 0. The molecule has 2 saturated carbocycles. The number of hydrogen-bond acceptors (Lipinski definition) is 1. The molecule has 1 nitrogen and oxygen atoms in total. The van der Waals surface area contributed by atoms with Crippen molar-refractivity contribution >= 4 is 0 Å². The number of rotatable bonds is 4. The smallest absolute Gasteiger partial charge is 0.0100 e. The minimum absolute atomic E-state index is 0.773. The average molecular weight is 209 g/mol. The van der Waals surface area contributed by atoms with Gasteiger partial charge in [-0.1, -0.05) is 26.7 Å². The molecule has 1 N–H and O–H groups in total. The summed E-state index contributed by atoms with van der Waals surface area (Å²) in [5, 5.41) is 3.91. The van der Waals surface area contributed by atoms with Gasteiger partial charge in [0.15, 0.2) is 0 Å². The molecule has 0 heterocycles. The molecule has 88 valence electrons. The molecule has 15 heavy (non-hydrogen) atoms. The maximum absolute atomic E-state index is 3.91. The summed E-state index contributed by atoms with van der Waals surface area (Å²) in [6, 6.07) is 1.59. The van der Waals surface area contributed by atoms with Crippen LogP contribution in [0.1, 0.15) is 59.3 Å². The summed E-state index contributed by atoms with van der Waals surface area (Å²) in [6.45, 7) is 7.18. The van der Waals surface area contributed by atoms with Gasteiger partial charge in [0.1, 0.15) is 0 Å². The third-order valence-corrected chi connectivity index (χ3v) is 4.48. The predicted octanol–water partition coefficient (Wildman–Crippen LogP) is 3.59. The van der Waals surface area contributed by atoms with Gasteiger partial charge in [-0.05, 0) is 50.4 Å². The Labute approximate surface area is 95.0 Å². The second kappa shape index (κ2) is 4.86. The van der Waals surface area contributed by atoms with E-state index in [1.807, 2.05) is 0 Å². The van der Waals surface area contributed by atoms with Crippen LogP contribution in [0.3, 0.4) is 0 Å². The molecule has 2 rings (SSSR count). The van der Waals surface area contributed by atoms with Crippen molar-refractivity contribution in [1.29, 1.82) is 0 Å². The first kappa shape index (κ1) is 11.4. The van der Waals surface area contributed by atoms with Crippen LogP contribution >= 0.6 is 0 Å². The van der Waals surface area contributed by atoms with Crippen LogP contribution in [0.4, 0.5) is 0 Å². The monoisotopic (exact) mass is 209 g/mol. The first-order valence-electron chi connectivity index (χ1n) is 6.94. The standard InChI is InChI=1S/C14H27N/c1-10(2)13-6-4-5-7-14(13)15-11(3)12-8-9-12/h10-15H,4-9H2,1-3H3. The fraction of sp³-hybridized carbons (Fsp3) is 1.00. The van der Waals surface area contributed by atoms with Crippen molar-refractivity contribution in [3.8, 4) is 0 Å². The normalized spacial score (nSPS) is 34.4. The zero-order chi connectivity index (χ0) is 10.8. The molecule has 0 aromatic rings. The molecule has 2 aliphatic carbocycles. The van der Waals surface area contributed by atoms with E-state index in [2.05, 4.69) is 26.1 Å². The summed E-state index contributed by atoms with van der Waals surface area (Å²) < 4.78 is 0. The third kappa shape index (κ3) is 2.96. The average Bonchev–Trinajstić information content (AvgIpc) is 3.01. The van der Waals surface area contributed by atoms with E-state index in [0.717, 1.165) is 29.8 Å². The van der Waals surface area contributed by atoms with Gasteiger partial charge >= 0.3 is 0 Å². The largest absolute Gasteiger partial charge is 0.311 e. The molecule has 0 saturated heterocycles. The molecule has 0 aromatic carbocycles. The van der Waals surface area contributed by atoms with Crippen LogP contribution in [-0.4, -0.2) is 12.1 Å². The molecule has 0 aromatic heterocycles. The summed E-state index contributed by atoms with van der Waals surface area (Å²) in [6.07, 6.45) is 8.70.